The van der Waals surface area contributed by atoms with Crippen molar-refractivity contribution in [3.8, 4) is 0 Å². The fraction of sp³-hybridized carbons (Fsp3) is 0.500. The van der Waals surface area contributed by atoms with E-state index >= 15 is 0 Å². The second-order valence-corrected chi connectivity index (χ2v) is 5.12. The van der Waals surface area contributed by atoms with E-state index in [1.165, 1.54) is 0 Å². The normalized spacial score (nSPS) is 16.0. The summed E-state index contributed by atoms with van der Waals surface area (Å²) in [6.07, 6.45) is -0.544. The van der Waals surface area contributed by atoms with Gasteiger partial charge in [-0.3, -0.25) is 9.59 Å². The van der Waals surface area contributed by atoms with Gasteiger partial charge in [-0.2, -0.15) is 0 Å². The zero-order valence-electron chi connectivity index (χ0n) is 13.0. The number of nitrogens with one attached hydrogen (secondary N) is 1. The summed E-state index contributed by atoms with van der Waals surface area (Å²) < 4.78 is 10.3. The second-order valence-electron chi connectivity index (χ2n) is 5.12. The molecule has 1 amide bonds. The van der Waals surface area contributed by atoms with Crippen molar-refractivity contribution in [1.82, 2.24) is 0 Å². The Morgan fingerprint density at radius 1 is 1.27 bits per heavy atom. The van der Waals surface area contributed by atoms with Crippen molar-refractivity contribution in [2.75, 3.05) is 36.5 Å². The van der Waals surface area contributed by atoms with Crippen molar-refractivity contribution in [1.29, 1.82) is 0 Å². The predicted octanol–water partition coefficient (Wildman–Crippen LogP) is 1.80. The molecule has 6 heteroatoms. The molecule has 1 aliphatic heterocycles. The van der Waals surface area contributed by atoms with Crippen molar-refractivity contribution in [2.45, 2.75) is 26.4 Å². The first kappa shape index (κ1) is 16.3. The highest BCUT2D eigenvalue weighted by atomic mass is 16.5. The van der Waals surface area contributed by atoms with Crippen molar-refractivity contribution in [3.63, 3.8) is 0 Å². The maximum atomic E-state index is 11.9. The molecular formula is C16H22N2O4. The predicted molar refractivity (Wildman–Crippen MR) is 83.9 cm³/mol. The number of rotatable bonds is 5. The van der Waals surface area contributed by atoms with Gasteiger partial charge in [0.2, 0.25) is 0 Å². The molecule has 22 heavy (non-hydrogen) atoms. The molecule has 0 unspecified atom stereocenters. The summed E-state index contributed by atoms with van der Waals surface area (Å²) in [5.74, 6) is -0.716. The summed E-state index contributed by atoms with van der Waals surface area (Å²) in [7, 11) is 0. The molecule has 1 heterocycles. The van der Waals surface area contributed by atoms with Crippen LogP contribution in [0.4, 0.5) is 11.4 Å². The average Bonchev–Trinajstić information content (AvgIpc) is 2.56. The van der Waals surface area contributed by atoms with Gasteiger partial charge in [-0.25, -0.2) is 0 Å². The van der Waals surface area contributed by atoms with Gasteiger partial charge >= 0.3 is 5.97 Å². The Hall–Kier alpha value is -2.08. The van der Waals surface area contributed by atoms with Gasteiger partial charge in [-0.05, 0) is 31.2 Å². The Kier molecular flexibility index (Phi) is 5.77. The molecule has 0 aromatic heterocycles. The lowest BCUT2D eigenvalue weighted by molar-refractivity contribution is -0.152. The number of hydrogen-bond donors (Lipinski definition) is 1. The smallest absolute Gasteiger partial charge is 0.306 e. The molecule has 120 valence electrons. The molecule has 6 nitrogen and oxygen atoms in total. The molecule has 1 aromatic carbocycles. The minimum atomic E-state index is -0.800. The van der Waals surface area contributed by atoms with Gasteiger partial charge in [-0.15, -0.1) is 0 Å². The van der Waals surface area contributed by atoms with E-state index in [9.17, 15) is 9.59 Å². The highest BCUT2D eigenvalue weighted by molar-refractivity contribution is 5.95. The molecule has 1 aliphatic rings. The van der Waals surface area contributed by atoms with Crippen LogP contribution in [0.3, 0.4) is 0 Å². The average molecular weight is 306 g/mol. The van der Waals surface area contributed by atoms with Crippen LogP contribution in [0.15, 0.2) is 24.3 Å². The third-order valence-electron chi connectivity index (χ3n) is 3.48. The summed E-state index contributed by atoms with van der Waals surface area (Å²) >= 11 is 0. The van der Waals surface area contributed by atoms with Crippen LogP contribution in [0.25, 0.3) is 0 Å². The molecule has 1 saturated heterocycles. The van der Waals surface area contributed by atoms with Crippen molar-refractivity contribution in [3.05, 3.63) is 24.3 Å². The van der Waals surface area contributed by atoms with Gasteiger partial charge < -0.3 is 19.7 Å². The molecule has 1 aromatic rings. The summed E-state index contributed by atoms with van der Waals surface area (Å²) in [6, 6.07) is 7.61. The van der Waals surface area contributed by atoms with E-state index in [-0.39, 0.29) is 18.3 Å². The van der Waals surface area contributed by atoms with E-state index in [1.807, 2.05) is 24.3 Å². The molecule has 1 atom stereocenters. The van der Waals surface area contributed by atoms with Crippen molar-refractivity contribution >= 4 is 23.3 Å². The Morgan fingerprint density at radius 2 is 1.91 bits per heavy atom. The first-order chi connectivity index (χ1) is 10.6. The van der Waals surface area contributed by atoms with Gasteiger partial charge in [0.05, 0.1) is 13.2 Å². The van der Waals surface area contributed by atoms with Crippen LogP contribution >= 0.6 is 0 Å². The topological polar surface area (TPSA) is 67.9 Å². The zero-order valence-corrected chi connectivity index (χ0v) is 13.0. The summed E-state index contributed by atoms with van der Waals surface area (Å²) in [5, 5.41) is 2.74. The highest BCUT2D eigenvalue weighted by Gasteiger charge is 2.17. The molecule has 0 radical (unpaired) electrons. The molecule has 1 N–H and O–H groups in total. The number of carbonyl (C=O) groups excluding carboxylic acids is 2. The SMILES string of the molecule is CCC(=O)O[C@H](C)C(=O)Nc1ccc(N2CCOCC2)cc1. The highest BCUT2D eigenvalue weighted by Crippen LogP contribution is 2.19. The number of anilines is 2. The molecule has 2 rings (SSSR count). The van der Waals surface area contributed by atoms with E-state index < -0.39 is 6.10 Å². The van der Waals surface area contributed by atoms with Gasteiger partial charge in [0.15, 0.2) is 6.10 Å². The number of ether oxygens (including phenoxy) is 2. The number of nitrogens with zero attached hydrogens (tertiary/aromatic N) is 1. The third kappa shape index (κ3) is 4.46. The van der Waals surface area contributed by atoms with E-state index in [1.54, 1.807) is 13.8 Å². The molecule has 0 saturated carbocycles. The first-order valence-electron chi connectivity index (χ1n) is 7.53. The summed E-state index contributed by atoms with van der Waals surface area (Å²) in [6.45, 7) is 6.46. The van der Waals surface area contributed by atoms with E-state index in [4.69, 9.17) is 9.47 Å². The Morgan fingerprint density at radius 3 is 2.50 bits per heavy atom. The van der Waals surface area contributed by atoms with E-state index in [0.29, 0.717) is 5.69 Å². The van der Waals surface area contributed by atoms with Gasteiger partial charge in [0.25, 0.3) is 5.91 Å². The number of amides is 1. The maximum Gasteiger partial charge on any atom is 0.306 e. The molecular weight excluding hydrogens is 284 g/mol. The number of benzene rings is 1. The Balaban J connectivity index is 1.90. The van der Waals surface area contributed by atoms with Crippen LogP contribution in [0, 0.1) is 0 Å². The molecule has 1 fully saturated rings. The lowest BCUT2D eigenvalue weighted by Crippen LogP contribution is -2.36. The van der Waals surface area contributed by atoms with Crippen LogP contribution < -0.4 is 10.2 Å². The number of hydrogen-bond acceptors (Lipinski definition) is 5. The monoisotopic (exact) mass is 306 g/mol. The van der Waals surface area contributed by atoms with Gasteiger partial charge in [0, 0.05) is 30.9 Å². The maximum absolute atomic E-state index is 11.9. The van der Waals surface area contributed by atoms with Crippen molar-refractivity contribution in [2.24, 2.45) is 0 Å². The molecule has 0 aliphatic carbocycles. The molecule has 0 bridgehead atoms. The van der Waals surface area contributed by atoms with Gasteiger partial charge in [0.1, 0.15) is 0 Å². The summed E-state index contributed by atoms with van der Waals surface area (Å²) in [4.78, 5) is 25.4. The van der Waals surface area contributed by atoms with Crippen LogP contribution in [-0.2, 0) is 19.1 Å². The van der Waals surface area contributed by atoms with Crippen LogP contribution in [0.1, 0.15) is 20.3 Å². The second kappa shape index (κ2) is 7.79. The number of esters is 1. The van der Waals surface area contributed by atoms with Crippen LogP contribution in [-0.4, -0.2) is 44.3 Å². The minimum absolute atomic E-state index is 0.256. The largest absolute Gasteiger partial charge is 0.453 e. The van der Waals surface area contributed by atoms with Crippen LogP contribution in [0.5, 0.6) is 0 Å². The fourth-order valence-corrected chi connectivity index (χ4v) is 2.16. The third-order valence-corrected chi connectivity index (χ3v) is 3.48. The lowest BCUT2D eigenvalue weighted by Gasteiger charge is -2.28. The van der Waals surface area contributed by atoms with Crippen molar-refractivity contribution < 1.29 is 19.1 Å². The Bertz CT molecular complexity index is 509. The molecule has 0 spiro atoms. The van der Waals surface area contributed by atoms with Crippen LogP contribution in [0.2, 0.25) is 0 Å². The first-order valence-corrected chi connectivity index (χ1v) is 7.53. The fourth-order valence-electron chi connectivity index (χ4n) is 2.16. The summed E-state index contributed by atoms with van der Waals surface area (Å²) in [5.41, 5.74) is 1.79. The number of carbonyl (C=O) groups is 2. The minimum Gasteiger partial charge on any atom is -0.453 e. The standard InChI is InChI=1S/C16H22N2O4/c1-3-15(19)22-12(2)16(20)17-13-4-6-14(7-5-13)18-8-10-21-11-9-18/h4-7,12H,3,8-11H2,1-2H3,(H,17,20)/t12-/m1/s1. The quantitative estimate of drug-likeness (QED) is 0.840. The number of morpholine rings is 1. The van der Waals surface area contributed by atoms with Gasteiger partial charge in [-0.1, -0.05) is 6.92 Å². The zero-order chi connectivity index (χ0) is 15.9. The van der Waals surface area contributed by atoms with E-state index in [0.717, 1.165) is 32.0 Å². The van der Waals surface area contributed by atoms with E-state index in [2.05, 4.69) is 10.2 Å². The lowest BCUT2D eigenvalue weighted by atomic mass is 10.2. The Labute approximate surface area is 130 Å².